The maximum atomic E-state index is 12.9. The number of hydrogen-bond donors (Lipinski definition) is 0. The van der Waals surface area contributed by atoms with Gasteiger partial charge in [-0.3, -0.25) is 14.4 Å². The molecule has 0 saturated carbocycles. The van der Waals surface area contributed by atoms with Crippen LogP contribution in [0, 0.1) is 0 Å². The van der Waals surface area contributed by atoms with Crippen LogP contribution in [0.15, 0.2) is 122 Å². The summed E-state index contributed by atoms with van der Waals surface area (Å²) < 4.78 is 16.8. The quantitative estimate of drug-likeness (QED) is 0.0199. The Kier molecular flexibility index (Phi) is 53.0. The van der Waals surface area contributed by atoms with E-state index in [-0.39, 0.29) is 31.1 Å². The third kappa shape index (κ3) is 54.6. The minimum absolute atomic E-state index is 0.107. The molecule has 6 nitrogen and oxygen atoms in total. The van der Waals surface area contributed by atoms with E-state index in [1.54, 1.807) is 0 Å². The largest absolute Gasteiger partial charge is 0.462 e. The molecule has 0 amide bonds. The van der Waals surface area contributed by atoms with E-state index in [9.17, 15) is 14.4 Å². The van der Waals surface area contributed by atoms with E-state index < -0.39 is 6.10 Å². The predicted molar refractivity (Wildman–Crippen MR) is 297 cm³/mol. The van der Waals surface area contributed by atoms with Crippen LogP contribution in [0.5, 0.6) is 0 Å². The number of unbranched alkanes of at least 4 members (excludes halogenated alkanes) is 21. The van der Waals surface area contributed by atoms with Crippen molar-refractivity contribution < 1.29 is 28.6 Å². The first-order valence-corrected chi connectivity index (χ1v) is 28.1. The Labute approximate surface area is 424 Å². The molecule has 0 aliphatic heterocycles. The Morgan fingerprint density at radius 2 is 0.623 bits per heavy atom. The van der Waals surface area contributed by atoms with Gasteiger partial charge in [-0.15, -0.1) is 0 Å². The number of rotatable bonds is 49. The van der Waals surface area contributed by atoms with E-state index in [0.29, 0.717) is 19.3 Å². The average molecular weight is 956 g/mol. The predicted octanol–water partition coefficient (Wildman–Crippen LogP) is 18.9. The van der Waals surface area contributed by atoms with Gasteiger partial charge in [0.05, 0.1) is 0 Å². The van der Waals surface area contributed by atoms with Crippen LogP contribution in [0.25, 0.3) is 0 Å². The molecule has 0 fully saturated rings. The minimum atomic E-state index is -0.810. The smallest absolute Gasteiger partial charge is 0.306 e. The highest BCUT2D eigenvalue weighted by Crippen LogP contribution is 2.13. The lowest BCUT2D eigenvalue weighted by Crippen LogP contribution is -2.30. The molecule has 0 saturated heterocycles. The standard InChI is InChI=1S/C63H102O6/c1-4-7-10-13-16-19-22-25-28-31-33-35-38-41-44-47-50-53-56-62(65)68-59-60(58-67-61(64)55-52-49-46-43-40-37-34-30-27-24-21-18-15-12-9-6-3)69-63(66)57-54-51-48-45-42-39-36-32-29-26-23-20-17-14-11-8-5-2/h9,12,16-22,25-31,33,35,37,40,60H,4-8,10-11,13-15,23-24,32,34,36,38-39,41-59H2,1-3H3/b12-9-,19-16-,20-17-,21-18-,25-22-,29-26-,30-27-,31-28-,35-33-,40-37-. The van der Waals surface area contributed by atoms with Crippen LogP contribution in [-0.2, 0) is 28.6 Å². The summed E-state index contributed by atoms with van der Waals surface area (Å²) in [5.41, 5.74) is 0. The summed E-state index contributed by atoms with van der Waals surface area (Å²) in [5.74, 6) is -0.970. The zero-order valence-corrected chi connectivity index (χ0v) is 44.5. The minimum Gasteiger partial charge on any atom is -0.462 e. The molecule has 390 valence electrons. The highest BCUT2D eigenvalue weighted by atomic mass is 16.6. The van der Waals surface area contributed by atoms with Crippen molar-refractivity contribution in [3.63, 3.8) is 0 Å². The summed E-state index contributed by atoms with van der Waals surface area (Å²) in [6, 6.07) is 0. The van der Waals surface area contributed by atoms with E-state index in [4.69, 9.17) is 14.2 Å². The number of carbonyl (C=O) groups is 3. The first-order valence-electron chi connectivity index (χ1n) is 28.1. The third-order valence-electron chi connectivity index (χ3n) is 11.5. The lowest BCUT2D eigenvalue weighted by molar-refractivity contribution is -0.167. The fourth-order valence-electron chi connectivity index (χ4n) is 7.30. The molecule has 6 heteroatoms. The number of esters is 3. The van der Waals surface area contributed by atoms with Crippen molar-refractivity contribution in [2.24, 2.45) is 0 Å². The molecule has 0 aromatic carbocycles. The molecule has 1 unspecified atom stereocenters. The van der Waals surface area contributed by atoms with Crippen LogP contribution in [0.2, 0.25) is 0 Å². The molecule has 0 bridgehead atoms. The molecular formula is C63H102O6. The molecule has 0 rings (SSSR count). The second-order valence-corrected chi connectivity index (χ2v) is 18.2. The number of allylic oxidation sites excluding steroid dienone is 20. The molecule has 1 atom stereocenters. The van der Waals surface area contributed by atoms with Gasteiger partial charge in [0.2, 0.25) is 0 Å². The zero-order chi connectivity index (χ0) is 50.0. The van der Waals surface area contributed by atoms with Gasteiger partial charge >= 0.3 is 17.9 Å². The van der Waals surface area contributed by atoms with E-state index in [0.717, 1.165) is 128 Å². The van der Waals surface area contributed by atoms with E-state index in [2.05, 4.69) is 142 Å². The topological polar surface area (TPSA) is 78.9 Å². The van der Waals surface area contributed by atoms with Crippen molar-refractivity contribution in [2.45, 2.75) is 245 Å². The Morgan fingerprint density at radius 1 is 0.319 bits per heavy atom. The molecule has 0 aromatic heterocycles. The molecular weight excluding hydrogens is 853 g/mol. The van der Waals surface area contributed by atoms with Crippen LogP contribution in [-0.4, -0.2) is 37.2 Å². The molecule has 69 heavy (non-hydrogen) atoms. The van der Waals surface area contributed by atoms with Gasteiger partial charge in [0.1, 0.15) is 13.2 Å². The maximum Gasteiger partial charge on any atom is 0.306 e. The molecule has 0 spiro atoms. The first-order chi connectivity index (χ1) is 34.0. The molecule has 0 aromatic rings. The van der Waals surface area contributed by atoms with Gasteiger partial charge in [0.25, 0.3) is 0 Å². The second kappa shape index (κ2) is 56.4. The summed E-state index contributed by atoms with van der Waals surface area (Å²) >= 11 is 0. The van der Waals surface area contributed by atoms with Gasteiger partial charge in [-0.1, -0.05) is 226 Å². The van der Waals surface area contributed by atoms with Gasteiger partial charge in [-0.2, -0.15) is 0 Å². The summed E-state index contributed by atoms with van der Waals surface area (Å²) in [5, 5.41) is 0. The van der Waals surface area contributed by atoms with Crippen LogP contribution >= 0.6 is 0 Å². The van der Waals surface area contributed by atoms with Crippen LogP contribution in [0.1, 0.15) is 239 Å². The maximum absolute atomic E-state index is 12.9. The Balaban J connectivity index is 4.53. The molecule has 0 heterocycles. The van der Waals surface area contributed by atoms with Crippen molar-refractivity contribution in [1.29, 1.82) is 0 Å². The summed E-state index contributed by atoms with van der Waals surface area (Å²) in [4.78, 5) is 38.1. The van der Waals surface area contributed by atoms with Crippen molar-refractivity contribution in [3.8, 4) is 0 Å². The monoisotopic (exact) mass is 955 g/mol. The summed E-state index contributed by atoms with van der Waals surface area (Å²) in [6.07, 6.45) is 77.4. The zero-order valence-electron chi connectivity index (χ0n) is 44.5. The van der Waals surface area contributed by atoms with Gasteiger partial charge in [0, 0.05) is 19.3 Å². The Bertz CT molecular complexity index is 1470. The van der Waals surface area contributed by atoms with E-state index in [1.165, 1.54) is 70.6 Å². The van der Waals surface area contributed by atoms with Crippen LogP contribution < -0.4 is 0 Å². The SMILES string of the molecule is CC/C=C\C/C=C\C/C=C\C/C=C\CCCCCC(=O)OCC(COC(=O)CCCCCCC\C=C/C=C\C=C/C=C\CCCCC)OC(=O)CCCCCCCCC/C=C\C/C=C\CCCCC. The molecule has 0 N–H and O–H groups in total. The van der Waals surface area contributed by atoms with Crippen molar-refractivity contribution >= 4 is 17.9 Å². The van der Waals surface area contributed by atoms with Gasteiger partial charge in [-0.25, -0.2) is 0 Å². The lowest BCUT2D eigenvalue weighted by atomic mass is 10.1. The third-order valence-corrected chi connectivity index (χ3v) is 11.5. The van der Waals surface area contributed by atoms with Gasteiger partial charge in [0.15, 0.2) is 6.10 Å². The lowest BCUT2D eigenvalue weighted by Gasteiger charge is -2.18. The fraction of sp³-hybridized carbons (Fsp3) is 0.635. The Hall–Kier alpha value is -4.19. The highest BCUT2D eigenvalue weighted by Gasteiger charge is 2.19. The molecule has 0 aliphatic rings. The van der Waals surface area contributed by atoms with Crippen LogP contribution in [0.3, 0.4) is 0 Å². The second-order valence-electron chi connectivity index (χ2n) is 18.2. The van der Waals surface area contributed by atoms with Crippen molar-refractivity contribution in [1.82, 2.24) is 0 Å². The summed E-state index contributed by atoms with van der Waals surface area (Å²) in [6.45, 7) is 6.40. The number of ether oxygens (including phenoxy) is 3. The molecule has 0 aliphatic carbocycles. The van der Waals surface area contributed by atoms with Gasteiger partial charge in [-0.05, 0) is 116 Å². The van der Waals surface area contributed by atoms with Crippen molar-refractivity contribution in [2.75, 3.05) is 13.2 Å². The van der Waals surface area contributed by atoms with Crippen molar-refractivity contribution in [3.05, 3.63) is 122 Å². The normalized spacial score (nSPS) is 13.0. The van der Waals surface area contributed by atoms with E-state index >= 15 is 0 Å². The molecule has 0 radical (unpaired) electrons. The number of hydrogen-bond acceptors (Lipinski definition) is 6. The van der Waals surface area contributed by atoms with Crippen LogP contribution in [0.4, 0.5) is 0 Å². The summed E-state index contributed by atoms with van der Waals surface area (Å²) in [7, 11) is 0. The fourth-order valence-corrected chi connectivity index (χ4v) is 7.30. The Morgan fingerprint density at radius 3 is 1.03 bits per heavy atom. The first kappa shape index (κ1) is 64.8. The van der Waals surface area contributed by atoms with E-state index in [1.807, 2.05) is 0 Å². The number of carbonyl (C=O) groups excluding carboxylic acids is 3. The highest BCUT2D eigenvalue weighted by molar-refractivity contribution is 5.71. The van der Waals surface area contributed by atoms with Gasteiger partial charge < -0.3 is 14.2 Å². The average Bonchev–Trinajstić information content (AvgIpc) is 3.35.